The molecule has 1 aliphatic carbocycles. The second-order valence-corrected chi connectivity index (χ2v) is 8.43. The van der Waals surface area contributed by atoms with E-state index in [-0.39, 0.29) is 6.04 Å². The van der Waals surface area contributed by atoms with Crippen molar-refractivity contribution >= 4 is 21.4 Å². The molecule has 2 rings (SSSR count). The standard InChI is InChI=1S/C13H22N2O2S2/c1-9-7-13(10(2)18-9)19(16,17)15-12(8-14)11-5-3-4-6-11/h7,11-12,15H,3-6,8,14H2,1-2H3. The number of nitrogens with one attached hydrogen (secondary N) is 1. The molecular weight excluding hydrogens is 280 g/mol. The molecule has 1 saturated carbocycles. The molecule has 0 radical (unpaired) electrons. The summed E-state index contributed by atoms with van der Waals surface area (Å²) in [5, 5.41) is 0. The van der Waals surface area contributed by atoms with Gasteiger partial charge in [-0.3, -0.25) is 0 Å². The quantitative estimate of drug-likeness (QED) is 0.875. The van der Waals surface area contributed by atoms with Gasteiger partial charge in [-0.1, -0.05) is 12.8 Å². The Kier molecular flexibility index (Phi) is 4.66. The lowest BCUT2D eigenvalue weighted by molar-refractivity contribution is 0.405. The van der Waals surface area contributed by atoms with Crippen LogP contribution < -0.4 is 10.5 Å². The molecule has 1 aliphatic rings. The second kappa shape index (κ2) is 5.91. The Hall–Kier alpha value is -0.430. The average molecular weight is 302 g/mol. The summed E-state index contributed by atoms with van der Waals surface area (Å²) in [4.78, 5) is 2.27. The van der Waals surface area contributed by atoms with Gasteiger partial charge in [0.25, 0.3) is 0 Å². The van der Waals surface area contributed by atoms with Crippen molar-refractivity contribution in [3.63, 3.8) is 0 Å². The molecule has 0 aromatic carbocycles. The Labute approximate surface area is 119 Å². The molecule has 0 aliphatic heterocycles. The summed E-state index contributed by atoms with van der Waals surface area (Å²) in [5.41, 5.74) is 5.76. The lowest BCUT2D eigenvalue weighted by Crippen LogP contribution is -2.44. The van der Waals surface area contributed by atoms with E-state index in [2.05, 4.69) is 4.72 Å². The number of thiophene rings is 1. The zero-order valence-electron chi connectivity index (χ0n) is 11.5. The molecule has 108 valence electrons. The van der Waals surface area contributed by atoms with Crippen LogP contribution in [0.1, 0.15) is 35.4 Å². The van der Waals surface area contributed by atoms with E-state index in [9.17, 15) is 8.42 Å². The summed E-state index contributed by atoms with van der Waals surface area (Å²) < 4.78 is 27.7. The molecule has 0 amide bonds. The minimum Gasteiger partial charge on any atom is -0.329 e. The first-order chi connectivity index (χ1) is 8.94. The molecule has 4 nitrogen and oxygen atoms in total. The molecule has 1 fully saturated rings. The van der Waals surface area contributed by atoms with Crippen LogP contribution in [0.5, 0.6) is 0 Å². The van der Waals surface area contributed by atoms with Crippen LogP contribution in [-0.4, -0.2) is 21.0 Å². The maximum Gasteiger partial charge on any atom is 0.241 e. The maximum atomic E-state index is 12.4. The van der Waals surface area contributed by atoms with Crippen molar-refractivity contribution in [3.8, 4) is 0 Å². The van der Waals surface area contributed by atoms with Gasteiger partial charge in [-0.2, -0.15) is 0 Å². The molecule has 6 heteroatoms. The molecule has 19 heavy (non-hydrogen) atoms. The van der Waals surface area contributed by atoms with Gasteiger partial charge in [0.2, 0.25) is 10.0 Å². The van der Waals surface area contributed by atoms with E-state index >= 15 is 0 Å². The van der Waals surface area contributed by atoms with Crippen molar-refractivity contribution in [2.45, 2.75) is 50.5 Å². The van der Waals surface area contributed by atoms with Gasteiger partial charge in [-0.15, -0.1) is 11.3 Å². The van der Waals surface area contributed by atoms with Gasteiger partial charge in [-0.05, 0) is 38.7 Å². The monoisotopic (exact) mass is 302 g/mol. The van der Waals surface area contributed by atoms with Crippen LogP contribution in [0.4, 0.5) is 0 Å². The molecule has 0 bridgehead atoms. The Morgan fingerprint density at radius 3 is 2.53 bits per heavy atom. The zero-order chi connectivity index (χ0) is 14.0. The van der Waals surface area contributed by atoms with Gasteiger partial charge in [0, 0.05) is 22.3 Å². The highest BCUT2D eigenvalue weighted by Gasteiger charge is 2.29. The van der Waals surface area contributed by atoms with E-state index in [4.69, 9.17) is 5.73 Å². The Balaban J connectivity index is 2.17. The topological polar surface area (TPSA) is 72.2 Å². The van der Waals surface area contributed by atoms with Crippen molar-refractivity contribution < 1.29 is 8.42 Å². The normalized spacial score (nSPS) is 18.9. The molecule has 0 spiro atoms. The first-order valence-electron chi connectivity index (χ1n) is 6.73. The molecule has 1 aromatic heterocycles. The first kappa shape index (κ1) is 15.0. The number of hydrogen-bond acceptors (Lipinski definition) is 4. The van der Waals surface area contributed by atoms with Crippen LogP contribution in [0.3, 0.4) is 0 Å². The predicted octanol–water partition coefficient (Wildman–Crippen LogP) is 2.16. The first-order valence-corrected chi connectivity index (χ1v) is 9.03. The van der Waals surface area contributed by atoms with Crippen molar-refractivity contribution in [2.75, 3.05) is 6.54 Å². The van der Waals surface area contributed by atoms with Gasteiger partial charge in [0.05, 0.1) is 4.90 Å². The third kappa shape index (κ3) is 3.37. The third-order valence-electron chi connectivity index (χ3n) is 3.81. The second-order valence-electron chi connectivity index (χ2n) is 5.29. The number of sulfonamides is 1. The van der Waals surface area contributed by atoms with E-state index in [1.807, 2.05) is 13.8 Å². The van der Waals surface area contributed by atoms with E-state index in [0.29, 0.717) is 17.4 Å². The van der Waals surface area contributed by atoms with Gasteiger partial charge in [0.1, 0.15) is 0 Å². The van der Waals surface area contributed by atoms with Gasteiger partial charge in [0.15, 0.2) is 0 Å². The number of rotatable bonds is 5. The fourth-order valence-electron chi connectivity index (χ4n) is 2.83. The van der Waals surface area contributed by atoms with Crippen LogP contribution >= 0.6 is 11.3 Å². The van der Waals surface area contributed by atoms with Crippen molar-refractivity contribution in [3.05, 3.63) is 15.8 Å². The van der Waals surface area contributed by atoms with E-state index in [0.717, 1.165) is 22.6 Å². The predicted molar refractivity (Wildman–Crippen MR) is 78.9 cm³/mol. The highest BCUT2D eigenvalue weighted by Crippen LogP contribution is 2.29. The van der Waals surface area contributed by atoms with E-state index < -0.39 is 10.0 Å². The summed E-state index contributed by atoms with van der Waals surface area (Å²) in [7, 11) is -3.44. The summed E-state index contributed by atoms with van der Waals surface area (Å²) in [5.74, 6) is 0.389. The van der Waals surface area contributed by atoms with Crippen LogP contribution in [0.25, 0.3) is 0 Å². The summed E-state index contributed by atoms with van der Waals surface area (Å²) in [6, 6.07) is 1.61. The fraction of sp³-hybridized carbons (Fsp3) is 0.692. The highest BCUT2D eigenvalue weighted by atomic mass is 32.2. The number of nitrogens with two attached hydrogens (primary N) is 1. The number of hydrogen-bond donors (Lipinski definition) is 2. The lowest BCUT2D eigenvalue weighted by atomic mass is 9.99. The molecule has 3 N–H and O–H groups in total. The molecule has 0 saturated heterocycles. The molecule has 1 atom stereocenters. The minimum atomic E-state index is -3.44. The summed E-state index contributed by atoms with van der Waals surface area (Å²) in [6.45, 7) is 4.14. The fourth-order valence-corrected chi connectivity index (χ4v) is 5.71. The number of aryl methyl sites for hydroxylation is 2. The van der Waals surface area contributed by atoms with Crippen LogP contribution in [0.2, 0.25) is 0 Å². The SMILES string of the molecule is Cc1cc(S(=O)(=O)NC(CN)C2CCCC2)c(C)s1. The van der Waals surface area contributed by atoms with Crippen molar-refractivity contribution in [2.24, 2.45) is 11.7 Å². The minimum absolute atomic E-state index is 0.132. The summed E-state index contributed by atoms with van der Waals surface area (Å²) in [6.07, 6.45) is 4.51. The zero-order valence-corrected chi connectivity index (χ0v) is 13.1. The maximum absolute atomic E-state index is 12.4. The molecule has 1 aromatic rings. The smallest absolute Gasteiger partial charge is 0.241 e. The Morgan fingerprint density at radius 1 is 1.42 bits per heavy atom. The molecule has 1 heterocycles. The largest absolute Gasteiger partial charge is 0.329 e. The summed E-state index contributed by atoms with van der Waals surface area (Å²) >= 11 is 1.51. The van der Waals surface area contributed by atoms with Crippen molar-refractivity contribution in [1.29, 1.82) is 0 Å². The lowest BCUT2D eigenvalue weighted by Gasteiger charge is -2.22. The average Bonchev–Trinajstić information content (AvgIpc) is 2.96. The molecule has 1 unspecified atom stereocenters. The van der Waals surface area contributed by atoms with Crippen molar-refractivity contribution in [1.82, 2.24) is 4.72 Å². The van der Waals surface area contributed by atoms with E-state index in [1.165, 1.54) is 24.2 Å². The van der Waals surface area contributed by atoms with Crippen LogP contribution in [0.15, 0.2) is 11.0 Å². The van der Waals surface area contributed by atoms with E-state index in [1.54, 1.807) is 6.07 Å². The highest BCUT2D eigenvalue weighted by molar-refractivity contribution is 7.89. The Morgan fingerprint density at radius 2 is 2.05 bits per heavy atom. The third-order valence-corrected chi connectivity index (χ3v) is 6.53. The Bertz CT molecular complexity index is 531. The van der Waals surface area contributed by atoms with Crippen LogP contribution in [-0.2, 0) is 10.0 Å². The molecular formula is C13H22N2O2S2. The van der Waals surface area contributed by atoms with Gasteiger partial charge < -0.3 is 5.73 Å². The van der Waals surface area contributed by atoms with Crippen LogP contribution in [0, 0.1) is 19.8 Å². The van der Waals surface area contributed by atoms with Gasteiger partial charge >= 0.3 is 0 Å². The van der Waals surface area contributed by atoms with Gasteiger partial charge in [-0.25, -0.2) is 13.1 Å².